The van der Waals surface area contributed by atoms with Gasteiger partial charge in [0.1, 0.15) is 0 Å². The Morgan fingerprint density at radius 2 is 2.03 bits per heavy atom. The summed E-state index contributed by atoms with van der Waals surface area (Å²) >= 11 is 0. The van der Waals surface area contributed by atoms with Gasteiger partial charge in [-0.1, -0.05) is 12.1 Å². The molecule has 9 heteroatoms. The molecular formula is C21H25FIN7. The molecule has 2 aromatic heterocycles. The first kappa shape index (κ1) is 22.0. The van der Waals surface area contributed by atoms with Crippen LogP contribution in [0.5, 0.6) is 0 Å². The zero-order valence-electron chi connectivity index (χ0n) is 16.7. The summed E-state index contributed by atoms with van der Waals surface area (Å²) in [6.07, 6.45) is 6.20. The van der Waals surface area contributed by atoms with Crippen LogP contribution in [-0.4, -0.2) is 46.9 Å². The molecule has 3 aromatic rings. The highest BCUT2D eigenvalue weighted by atomic mass is 127. The number of aliphatic imine (C=N–C) groups is 1. The van der Waals surface area contributed by atoms with Crippen molar-refractivity contribution in [2.75, 3.05) is 25.0 Å². The van der Waals surface area contributed by atoms with Gasteiger partial charge in [-0.15, -0.1) is 24.0 Å². The van der Waals surface area contributed by atoms with Crippen LogP contribution < -0.4 is 15.5 Å². The van der Waals surface area contributed by atoms with Crippen molar-refractivity contribution in [3.05, 3.63) is 72.4 Å². The Kier molecular flexibility index (Phi) is 7.61. The number of hydrogen-bond donors (Lipinski definition) is 2. The molecule has 1 saturated heterocycles. The number of nitrogens with zero attached hydrogens (tertiary/aromatic N) is 5. The maximum absolute atomic E-state index is 14.0. The number of rotatable bonds is 5. The normalized spacial score (nSPS) is 16.3. The average Bonchev–Trinajstić information content (AvgIpc) is 3.44. The van der Waals surface area contributed by atoms with Crippen LogP contribution >= 0.6 is 24.0 Å². The first-order valence-electron chi connectivity index (χ1n) is 9.64. The Hall–Kier alpha value is -2.69. The number of nitrogens with one attached hydrogen (secondary N) is 2. The van der Waals surface area contributed by atoms with Gasteiger partial charge in [-0.3, -0.25) is 4.99 Å². The fourth-order valence-electron chi connectivity index (χ4n) is 3.44. The molecule has 0 aliphatic carbocycles. The first-order chi connectivity index (χ1) is 14.2. The number of guanidine groups is 1. The molecule has 7 nitrogen and oxygen atoms in total. The van der Waals surface area contributed by atoms with Crippen molar-refractivity contribution >= 4 is 35.8 Å². The maximum atomic E-state index is 14.0. The molecule has 1 unspecified atom stereocenters. The van der Waals surface area contributed by atoms with Crippen LogP contribution in [0.25, 0.3) is 5.69 Å². The third-order valence-corrected chi connectivity index (χ3v) is 4.96. The van der Waals surface area contributed by atoms with Gasteiger partial charge in [-0.2, -0.15) is 5.10 Å². The second kappa shape index (κ2) is 10.4. The smallest absolute Gasteiger partial charge is 0.191 e. The van der Waals surface area contributed by atoms with E-state index in [1.165, 1.54) is 6.07 Å². The van der Waals surface area contributed by atoms with Crippen molar-refractivity contribution in [1.82, 2.24) is 25.4 Å². The van der Waals surface area contributed by atoms with Gasteiger partial charge in [0.15, 0.2) is 17.6 Å². The fraction of sp³-hybridized carbons (Fsp3) is 0.286. The molecule has 1 fully saturated rings. The van der Waals surface area contributed by atoms with Gasteiger partial charge in [0.2, 0.25) is 0 Å². The number of halogens is 2. The molecule has 4 rings (SSSR count). The molecule has 0 bridgehead atoms. The molecule has 0 amide bonds. The Morgan fingerprint density at radius 1 is 1.20 bits per heavy atom. The topological polar surface area (TPSA) is 70.4 Å². The van der Waals surface area contributed by atoms with Gasteiger partial charge in [0, 0.05) is 51.3 Å². The largest absolute Gasteiger partial charge is 0.352 e. The molecule has 0 radical (unpaired) electrons. The van der Waals surface area contributed by atoms with Gasteiger partial charge in [0.05, 0.1) is 5.69 Å². The molecular weight excluding hydrogens is 496 g/mol. The molecule has 158 valence electrons. The summed E-state index contributed by atoms with van der Waals surface area (Å²) in [4.78, 5) is 10.4. The second-order valence-electron chi connectivity index (χ2n) is 6.93. The summed E-state index contributed by atoms with van der Waals surface area (Å²) < 4.78 is 15.8. The minimum absolute atomic E-state index is 0. The van der Waals surface area contributed by atoms with Crippen molar-refractivity contribution < 1.29 is 4.39 Å². The monoisotopic (exact) mass is 521 g/mol. The summed E-state index contributed by atoms with van der Waals surface area (Å²) in [6, 6.07) is 13.4. The fourth-order valence-corrected chi connectivity index (χ4v) is 3.44. The second-order valence-corrected chi connectivity index (χ2v) is 6.93. The Balaban J connectivity index is 0.00000256. The van der Waals surface area contributed by atoms with E-state index in [4.69, 9.17) is 0 Å². The minimum Gasteiger partial charge on any atom is -0.352 e. The lowest BCUT2D eigenvalue weighted by atomic mass is 10.2. The van der Waals surface area contributed by atoms with E-state index in [1.807, 2.05) is 34.0 Å². The lowest BCUT2D eigenvalue weighted by molar-refractivity contribution is 0.612. The predicted octanol–water partition coefficient (Wildman–Crippen LogP) is 2.97. The van der Waals surface area contributed by atoms with Gasteiger partial charge in [-0.05, 0) is 42.3 Å². The lowest BCUT2D eigenvalue weighted by Crippen LogP contribution is -2.44. The molecule has 1 aromatic carbocycles. The van der Waals surface area contributed by atoms with Crippen LogP contribution in [0.2, 0.25) is 0 Å². The predicted molar refractivity (Wildman–Crippen MR) is 127 cm³/mol. The van der Waals surface area contributed by atoms with Crippen LogP contribution in [0, 0.1) is 5.82 Å². The Bertz CT molecular complexity index is 960. The summed E-state index contributed by atoms with van der Waals surface area (Å²) in [5.41, 5.74) is 2.17. The molecule has 2 N–H and O–H groups in total. The third-order valence-electron chi connectivity index (χ3n) is 4.96. The van der Waals surface area contributed by atoms with Crippen molar-refractivity contribution in [3.63, 3.8) is 0 Å². The van der Waals surface area contributed by atoms with E-state index < -0.39 is 0 Å². The van der Waals surface area contributed by atoms with Crippen LogP contribution in [0.1, 0.15) is 12.0 Å². The third kappa shape index (κ3) is 5.26. The van der Waals surface area contributed by atoms with E-state index in [2.05, 4.69) is 37.8 Å². The quantitative estimate of drug-likeness (QED) is 0.307. The van der Waals surface area contributed by atoms with Crippen molar-refractivity contribution in [3.8, 4) is 5.69 Å². The number of anilines is 1. The Labute approximate surface area is 192 Å². The highest BCUT2D eigenvalue weighted by molar-refractivity contribution is 14.0. The first-order valence-corrected chi connectivity index (χ1v) is 9.64. The molecule has 30 heavy (non-hydrogen) atoms. The van der Waals surface area contributed by atoms with Crippen LogP contribution in [0.15, 0.2) is 66.0 Å². The summed E-state index contributed by atoms with van der Waals surface area (Å²) in [6.45, 7) is 2.11. The lowest BCUT2D eigenvalue weighted by Gasteiger charge is -2.20. The van der Waals surface area contributed by atoms with Gasteiger partial charge < -0.3 is 15.5 Å². The summed E-state index contributed by atoms with van der Waals surface area (Å²) in [7, 11) is 1.75. The van der Waals surface area contributed by atoms with Gasteiger partial charge in [-0.25, -0.2) is 14.1 Å². The van der Waals surface area contributed by atoms with E-state index in [0.717, 1.165) is 30.2 Å². The van der Waals surface area contributed by atoms with E-state index in [-0.39, 0.29) is 35.8 Å². The number of benzene rings is 1. The highest BCUT2D eigenvalue weighted by Gasteiger charge is 2.25. The van der Waals surface area contributed by atoms with Crippen LogP contribution in [0.4, 0.5) is 10.2 Å². The molecule has 1 aliphatic rings. The Morgan fingerprint density at radius 3 is 2.73 bits per heavy atom. The number of aromatic nitrogens is 3. The van der Waals surface area contributed by atoms with Crippen LogP contribution in [0.3, 0.4) is 0 Å². The number of hydrogen-bond acceptors (Lipinski definition) is 4. The van der Waals surface area contributed by atoms with Crippen molar-refractivity contribution in [2.24, 2.45) is 4.99 Å². The molecule has 0 saturated carbocycles. The SMILES string of the molecule is CN=C(NCc1ccc(-n2cccn2)cc1)NC1CCN(c2ncccc2F)C1.I. The van der Waals surface area contributed by atoms with E-state index in [1.54, 1.807) is 25.5 Å². The van der Waals surface area contributed by atoms with Gasteiger partial charge >= 0.3 is 0 Å². The van der Waals surface area contributed by atoms with Gasteiger partial charge in [0.25, 0.3) is 0 Å². The zero-order chi connectivity index (χ0) is 20.1. The number of pyridine rings is 1. The summed E-state index contributed by atoms with van der Waals surface area (Å²) in [5, 5.41) is 11.0. The van der Waals surface area contributed by atoms with Crippen molar-refractivity contribution in [1.29, 1.82) is 0 Å². The van der Waals surface area contributed by atoms with E-state index in [9.17, 15) is 4.39 Å². The minimum atomic E-state index is -0.283. The van der Waals surface area contributed by atoms with Crippen molar-refractivity contribution in [2.45, 2.75) is 19.0 Å². The standard InChI is InChI=1S/C21H24FN7.HI/c1-23-21(25-14-16-5-7-18(8-6-16)29-12-3-11-26-29)27-17-9-13-28(15-17)20-19(22)4-2-10-24-20;/h2-8,10-12,17H,9,13-15H2,1H3,(H2,23,25,27);1H. The van der Waals surface area contributed by atoms with Crippen LogP contribution in [-0.2, 0) is 6.54 Å². The molecule has 1 aliphatic heterocycles. The molecule has 3 heterocycles. The molecule has 1 atom stereocenters. The average molecular weight is 521 g/mol. The van der Waals surface area contributed by atoms with E-state index in [0.29, 0.717) is 18.9 Å². The maximum Gasteiger partial charge on any atom is 0.191 e. The van der Waals surface area contributed by atoms with E-state index >= 15 is 0 Å². The molecule has 0 spiro atoms. The summed E-state index contributed by atoms with van der Waals surface area (Å²) in [5.74, 6) is 0.862. The zero-order valence-corrected chi connectivity index (χ0v) is 19.0. The highest BCUT2D eigenvalue weighted by Crippen LogP contribution is 2.20.